The molecule has 1 N–H and O–H groups in total. The van der Waals surface area contributed by atoms with Gasteiger partial charge in [-0.1, -0.05) is 11.6 Å². The zero-order valence-corrected chi connectivity index (χ0v) is 10.5. The van der Waals surface area contributed by atoms with Crippen molar-refractivity contribution in [2.75, 3.05) is 25.0 Å². The van der Waals surface area contributed by atoms with Crippen molar-refractivity contribution in [3.05, 3.63) is 23.2 Å². The first-order valence-corrected chi connectivity index (χ1v) is 6.53. The fourth-order valence-electron chi connectivity index (χ4n) is 3.09. The molecule has 2 heterocycles. The molecule has 4 heteroatoms. The quantitative estimate of drug-likeness (QED) is 0.706. The summed E-state index contributed by atoms with van der Waals surface area (Å²) in [4.78, 5) is 11.8. The average molecular weight is 252 g/mol. The van der Waals surface area contributed by atoms with E-state index in [4.69, 9.17) is 11.6 Å². The van der Waals surface area contributed by atoms with Gasteiger partial charge in [-0.2, -0.15) is 0 Å². The Hall–Kier alpha value is -1.06. The fourth-order valence-corrected chi connectivity index (χ4v) is 3.26. The average Bonchev–Trinajstić information content (AvgIpc) is 2.29. The third-order valence-electron chi connectivity index (χ3n) is 3.86. The van der Waals surface area contributed by atoms with Gasteiger partial charge in [0.1, 0.15) is 5.69 Å². The van der Waals surface area contributed by atoms with Crippen LogP contribution in [0.5, 0.6) is 0 Å². The van der Waals surface area contributed by atoms with E-state index < -0.39 is 0 Å². The van der Waals surface area contributed by atoms with Crippen LogP contribution in [0.3, 0.4) is 0 Å². The van der Waals surface area contributed by atoms with Gasteiger partial charge in [-0.05, 0) is 31.4 Å². The zero-order valence-electron chi connectivity index (χ0n) is 9.71. The van der Waals surface area contributed by atoms with E-state index in [0.717, 1.165) is 23.3 Å². The van der Waals surface area contributed by atoms with Crippen molar-refractivity contribution in [1.29, 1.82) is 0 Å². The van der Waals surface area contributed by atoms with Crippen molar-refractivity contribution in [2.45, 2.75) is 19.3 Å². The predicted molar refractivity (Wildman–Crippen MR) is 70.3 cm³/mol. The number of rotatable bonds is 0. The van der Waals surface area contributed by atoms with Gasteiger partial charge in [0.2, 0.25) is 0 Å². The molecule has 1 saturated heterocycles. The number of carbonyl (C=O) groups is 1. The highest BCUT2D eigenvalue weighted by Gasteiger charge is 2.40. The van der Waals surface area contributed by atoms with E-state index in [1.807, 2.05) is 12.1 Å². The van der Waals surface area contributed by atoms with Crippen LogP contribution >= 0.6 is 11.6 Å². The molecule has 17 heavy (non-hydrogen) atoms. The summed E-state index contributed by atoms with van der Waals surface area (Å²) in [5, 5.41) is 3.61. The molecule has 3 rings (SSSR count). The first kappa shape index (κ1) is 11.1. The minimum Gasteiger partial charge on any atom is -0.316 e. The van der Waals surface area contributed by atoms with Crippen LogP contribution in [0, 0.1) is 0 Å². The Bertz CT molecular complexity index is 466. The molecular weight excluding hydrogens is 236 g/mol. The number of nitrogens with one attached hydrogen (secondary N) is 1. The Morgan fingerprint density at radius 1 is 1.18 bits per heavy atom. The van der Waals surface area contributed by atoms with Crippen LogP contribution in [0.1, 0.15) is 19.3 Å². The summed E-state index contributed by atoms with van der Waals surface area (Å²) in [5.74, 6) is 0.113. The summed E-state index contributed by atoms with van der Waals surface area (Å²) in [6.07, 6.45) is 3.69. The lowest BCUT2D eigenvalue weighted by molar-refractivity contribution is -0.117. The van der Waals surface area contributed by atoms with Gasteiger partial charge in [0.15, 0.2) is 12.2 Å². The van der Waals surface area contributed by atoms with Gasteiger partial charge in [0.05, 0.1) is 13.1 Å². The third kappa shape index (κ3) is 1.83. The molecule has 0 aliphatic carbocycles. The molecular formula is C13H16ClN2O+. The first-order chi connectivity index (χ1) is 8.20. The standard InChI is InChI=1S/C13H15ClN2O/c14-10-4-5-12-11(8-10)15-13(17)9-16(12)6-2-1-3-7-16/h4-5,8H,1-3,6-7,9H2/p+1. The SMILES string of the molecule is O=C1C[N+]2(CCCCC2)c2ccc(Cl)cc2N1. The summed E-state index contributed by atoms with van der Waals surface area (Å²) in [7, 11) is 0. The van der Waals surface area contributed by atoms with Crippen molar-refractivity contribution in [1.82, 2.24) is 4.48 Å². The van der Waals surface area contributed by atoms with E-state index in [-0.39, 0.29) is 5.91 Å². The lowest BCUT2D eigenvalue weighted by Crippen LogP contribution is -2.59. The molecule has 1 aromatic carbocycles. The number of hydrogen-bond donors (Lipinski definition) is 1. The summed E-state index contributed by atoms with van der Waals surface area (Å²) < 4.78 is 0.818. The van der Waals surface area contributed by atoms with Crippen LogP contribution in [-0.4, -0.2) is 25.5 Å². The van der Waals surface area contributed by atoms with Crippen LogP contribution in [0.4, 0.5) is 11.4 Å². The highest BCUT2D eigenvalue weighted by Crippen LogP contribution is 2.39. The first-order valence-electron chi connectivity index (χ1n) is 6.16. The number of quaternary nitrogens is 1. The number of anilines is 1. The van der Waals surface area contributed by atoms with Crippen molar-refractivity contribution in [3.8, 4) is 0 Å². The molecule has 0 atom stereocenters. The van der Waals surface area contributed by atoms with Crippen molar-refractivity contribution >= 4 is 28.9 Å². The Labute approximate surface area is 106 Å². The Morgan fingerprint density at radius 2 is 1.94 bits per heavy atom. The third-order valence-corrected chi connectivity index (χ3v) is 4.10. The normalized spacial score (nSPS) is 22.1. The summed E-state index contributed by atoms with van der Waals surface area (Å²) in [6.45, 7) is 2.72. The Kier molecular flexibility index (Phi) is 2.60. The van der Waals surface area contributed by atoms with Gasteiger partial charge in [-0.25, -0.2) is 0 Å². The zero-order chi connectivity index (χ0) is 11.9. The van der Waals surface area contributed by atoms with Crippen LogP contribution in [0.25, 0.3) is 0 Å². The van der Waals surface area contributed by atoms with Gasteiger partial charge in [-0.15, -0.1) is 0 Å². The van der Waals surface area contributed by atoms with Gasteiger partial charge >= 0.3 is 0 Å². The second-order valence-corrected chi connectivity index (χ2v) is 5.46. The van der Waals surface area contributed by atoms with E-state index in [1.165, 1.54) is 24.9 Å². The molecule has 0 saturated carbocycles. The molecule has 2 aliphatic rings. The molecule has 1 aromatic rings. The lowest BCUT2D eigenvalue weighted by Gasteiger charge is -2.43. The Balaban J connectivity index is 2.09. The molecule has 1 spiro atoms. The molecule has 2 aliphatic heterocycles. The maximum absolute atomic E-state index is 11.8. The van der Waals surface area contributed by atoms with E-state index in [9.17, 15) is 4.79 Å². The molecule has 0 aromatic heterocycles. The molecule has 3 nitrogen and oxygen atoms in total. The number of hydrogen-bond acceptors (Lipinski definition) is 1. The predicted octanol–water partition coefficient (Wildman–Crippen LogP) is 2.78. The summed E-state index contributed by atoms with van der Waals surface area (Å²) in [6, 6.07) is 5.86. The topological polar surface area (TPSA) is 29.1 Å². The Morgan fingerprint density at radius 3 is 2.71 bits per heavy atom. The molecule has 1 amide bonds. The summed E-state index contributed by atoms with van der Waals surface area (Å²) >= 11 is 5.99. The largest absolute Gasteiger partial charge is 0.316 e. The number of fused-ring (bicyclic) bond motifs is 2. The fraction of sp³-hybridized carbons (Fsp3) is 0.462. The number of nitrogens with zero attached hydrogens (tertiary/aromatic N) is 1. The highest BCUT2D eigenvalue weighted by molar-refractivity contribution is 6.31. The van der Waals surface area contributed by atoms with Crippen LogP contribution in [0.15, 0.2) is 18.2 Å². The highest BCUT2D eigenvalue weighted by atomic mass is 35.5. The van der Waals surface area contributed by atoms with Gasteiger partial charge in [-0.3, -0.25) is 9.28 Å². The number of halogens is 1. The van der Waals surface area contributed by atoms with Crippen molar-refractivity contribution in [2.24, 2.45) is 0 Å². The minimum atomic E-state index is 0.113. The lowest BCUT2D eigenvalue weighted by atomic mass is 10.0. The molecule has 0 radical (unpaired) electrons. The number of amides is 1. The van der Waals surface area contributed by atoms with Crippen LogP contribution < -0.4 is 9.80 Å². The van der Waals surface area contributed by atoms with E-state index in [2.05, 4.69) is 11.4 Å². The summed E-state index contributed by atoms with van der Waals surface area (Å²) in [5.41, 5.74) is 2.13. The molecule has 1 fully saturated rings. The van der Waals surface area contributed by atoms with Gasteiger partial charge < -0.3 is 5.32 Å². The van der Waals surface area contributed by atoms with Gasteiger partial charge in [0, 0.05) is 11.1 Å². The van der Waals surface area contributed by atoms with E-state index in [1.54, 1.807) is 0 Å². The number of carbonyl (C=O) groups excluding carboxylic acids is 1. The monoisotopic (exact) mass is 251 g/mol. The molecule has 0 unspecified atom stereocenters. The second-order valence-electron chi connectivity index (χ2n) is 5.02. The molecule has 0 bridgehead atoms. The van der Waals surface area contributed by atoms with Crippen LogP contribution in [-0.2, 0) is 4.79 Å². The minimum absolute atomic E-state index is 0.113. The number of benzene rings is 1. The maximum Gasteiger partial charge on any atom is 0.280 e. The van der Waals surface area contributed by atoms with Gasteiger partial charge in [0.25, 0.3) is 5.91 Å². The smallest absolute Gasteiger partial charge is 0.280 e. The maximum atomic E-state index is 11.8. The van der Waals surface area contributed by atoms with E-state index in [0.29, 0.717) is 11.6 Å². The second kappa shape index (κ2) is 4.00. The van der Waals surface area contributed by atoms with Crippen molar-refractivity contribution in [3.63, 3.8) is 0 Å². The van der Waals surface area contributed by atoms with Crippen LogP contribution in [0.2, 0.25) is 5.02 Å². The molecule has 90 valence electrons. The number of piperidine rings is 1. The van der Waals surface area contributed by atoms with E-state index >= 15 is 0 Å². The van der Waals surface area contributed by atoms with Crippen molar-refractivity contribution < 1.29 is 4.79 Å².